The maximum atomic E-state index is 12.9. The van der Waals surface area contributed by atoms with E-state index in [1.807, 2.05) is 50.8 Å². The van der Waals surface area contributed by atoms with E-state index in [0.717, 1.165) is 0 Å². The van der Waals surface area contributed by atoms with Crippen LogP contribution in [-0.2, 0) is 6.61 Å². The Bertz CT molecular complexity index is 641. The number of H-pyrrole nitrogens is 1. The predicted molar refractivity (Wildman–Crippen MR) is 84.2 cm³/mol. The summed E-state index contributed by atoms with van der Waals surface area (Å²) in [7, 11) is 0. The number of aromatic amines is 1. The van der Waals surface area contributed by atoms with Crippen molar-refractivity contribution >= 4 is 5.91 Å². The van der Waals surface area contributed by atoms with Crippen molar-refractivity contribution < 1.29 is 9.90 Å². The van der Waals surface area contributed by atoms with Crippen LogP contribution >= 0.6 is 0 Å². The molecule has 0 atom stereocenters. The lowest BCUT2D eigenvalue weighted by atomic mass is 10.0. The Morgan fingerprint density at radius 1 is 1.23 bits per heavy atom. The van der Waals surface area contributed by atoms with Crippen LogP contribution in [0.1, 0.15) is 43.9 Å². The number of amides is 1. The Kier molecular flexibility index (Phi) is 4.92. The van der Waals surface area contributed by atoms with E-state index in [9.17, 15) is 4.79 Å². The third kappa shape index (κ3) is 3.17. The quantitative estimate of drug-likeness (QED) is 0.887. The van der Waals surface area contributed by atoms with Crippen LogP contribution in [0.15, 0.2) is 24.3 Å². The van der Waals surface area contributed by atoms with Crippen LogP contribution < -0.4 is 0 Å². The Morgan fingerprint density at radius 3 is 2.41 bits per heavy atom. The number of aliphatic hydroxyl groups excluding tert-OH is 1. The molecule has 0 saturated carbocycles. The Balaban J connectivity index is 2.45. The second kappa shape index (κ2) is 6.70. The molecule has 0 radical (unpaired) electrons. The second-order valence-electron chi connectivity index (χ2n) is 5.71. The first-order valence-electron chi connectivity index (χ1n) is 7.40. The highest BCUT2D eigenvalue weighted by Gasteiger charge is 2.24. The Hall–Kier alpha value is -2.21. The van der Waals surface area contributed by atoms with Crippen molar-refractivity contribution in [2.75, 3.05) is 0 Å². The van der Waals surface area contributed by atoms with E-state index in [2.05, 4.69) is 15.2 Å². The van der Waals surface area contributed by atoms with Gasteiger partial charge in [0.15, 0.2) is 11.6 Å². The molecule has 2 rings (SSSR count). The first-order valence-corrected chi connectivity index (χ1v) is 7.40. The molecular formula is C16H22N4O2. The summed E-state index contributed by atoms with van der Waals surface area (Å²) in [4.78, 5) is 18.9. The molecule has 1 heterocycles. The highest BCUT2D eigenvalue weighted by atomic mass is 16.3. The molecule has 0 aliphatic carbocycles. The fraction of sp³-hybridized carbons (Fsp3) is 0.438. The fourth-order valence-electron chi connectivity index (χ4n) is 2.56. The summed E-state index contributed by atoms with van der Waals surface area (Å²) < 4.78 is 0. The number of nitrogens with one attached hydrogen (secondary N) is 1. The average Bonchev–Trinajstić information content (AvgIpc) is 2.95. The smallest absolute Gasteiger partial charge is 0.255 e. The molecule has 0 fully saturated rings. The van der Waals surface area contributed by atoms with Gasteiger partial charge in [0.05, 0.1) is 5.56 Å². The largest absolute Gasteiger partial charge is 0.388 e. The molecule has 1 aromatic heterocycles. The summed E-state index contributed by atoms with van der Waals surface area (Å²) in [6.07, 6.45) is 0. The summed E-state index contributed by atoms with van der Waals surface area (Å²) in [6.45, 7) is 7.77. The van der Waals surface area contributed by atoms with E-state index in [1.54, 1.807) is 6.07 Å². The van der Waals surface area contributed by atoms with Gasteiger partial charge >= 0.3 is 0 Å². The van der Waals surface area contributed by atoms with Crippen LogP contribution in [0.4, 0.5) is 0 Å². The van der Waals surface area contributed by atoms with Gasteiger partial charge in [-0.3, -0.25) is 9.89 Å². The number of aromatic nitrogens is 3. The molecule has 0 saturated heterocycles. The Labute approximate surface area is 130 Å². The first-order chi connectivity index (χ1) is 10.5. The molecule has 0 spiro atoms. The molecule has 1 amide bonds. The van der Waals surface area contributed by atoms with Gasteiger partial charge in [-0.05, 0) is 33.8 Å². The molecule has 22 heavy (non-hydrogen) atoms. The molecule has 6 nitrogen and oxygen atoms in total. The number of aliphatic hydroxyl groups is 1. The molecule has 0 aliphatic heterocycles. The van der Waals surface area contributed by atoms with E-state index in [1.165, 1.54) is 0 Å². The lowest BCUT2D eigenvalue weighted by molar-refractivity contribution is 0.0644. The molecule has 0 aliphatic rings. The SMILES string of the molecule is CC(C)N(C(=O)c1ccccc1-c1n[nH]c(CO)n1)C(C)C. The van der Waals surface area contributed by atoms with Crippen molar-refractivity contribution in [1.82, 2.24) is 20.1 Å². The molecule has 118 valence electrons. The minimum absolute atomic E-state index is 0.0454. The Morgan fingerprint density at radius 2 is 1.86 bits per heavy atom. The summed E-state index contributed by atoms with van der Waals surface area (Å²) >= 11 is 0. The van der Waals surface area contributed by atoms with Gasteiger partial charge in [-0.25, -0.2) is 4.98 Å². The summed E-state index contributed by atoms with van der Waals surface area (Å²) in [6, 6.07) is 7.47. The van der Waals surface area contributed by atoms with Gasteiger partial charge in [-0.1, -0.05) is 18.2 Å². The summed E-state index contributed by atoms with van der Waals surface area (Å²) in [5, 5.41) is 15.8. The molecular weight excluding hydrogens is 280 g/mol. The van der Waals surface area contributed by atoms with Crippen LogP contribution in [0, 0.1) is 0 Å². The van der Waals surface area contributed by atoms with Crippen molar-refractivity contribution in [2.45, 2.75) is 46.4 Å². The van der Waals surface area contributed by atoms with Crippen LogP contribution in [0.3, 0.4) is 0 Å². The van der Waals surface area contributed by atoms with Crippen molar-refractivity contribution in [3.05, 3.63) is 35.7 Å². The van der Waals surface area contributed by atoms with Crippen molar-refractivity contribution in [2.24, 2.45) is 0 Å². The van der Waals surface area contributed by atoms with E-state index in [4.69, 9.17) is 5.11 Å². The van der Waals surface area contributed by atoms with Crippen LogP contribution in [0.25, 0.3) is 11.4 Å². The standard InChI is InChI=1S/C16H22N4O2/c1-10(2)20(11(3)4)16(22)13-8-6-5-7-12(13)15-17-14(9-21)18-19-15/h5-8,10-11,21H,9H2,1-4H3,(H,17,18,19). The molecule has 1 aromatic carbocycles. The molecule has 0 bridgehead atoms. The number of hydrogen-bond acceptors (Lipinski definition) is 4. The average molecular weight is 302 g/mol. The van der Waals surface area contributed by atoms with E-state index < -0.39 is 0 Å². The first kappa shape index (κ1) is 16.2. The van der Waals surface area contributed by atoms with Gasteiger partial charge in [0.2, 0.25) is 0 Å². The maximum Gasteiger partial charge on any atom is 0.255 e. The number of carbonyl (C=O) groups is 1. The number of benzene rings is 1. The van der Waals surface area contributed by atoms with Crippen LogP contribution in [0.5, 0.6) is 0 Å². The van der Waals surface area contributed by atoms with Gasteiger partial charge < -0.3 is 10.0 Å². The molecule has 0 unspecified atom stereocenters. The molecule has 2 N–H and O–H groups in total. The van der Waals surface area contributed by atoms with Gasteiger partial charge in [-0.15, -0.1) is 0 Å². The lowest BCUT2D eigenvalue weighted by Crippen LogP contribution is -2.42. The van der Waals surface area contributed by atoms with Gasteiger partial charge in [-0.2, -0.15) is 5.10 Å². The lowest BCUT2D eigenvalue weighted by Gasteiger charge is -2.31. The van der Waals surface area contributed by atoms with Crippen molar-refractivity contribution in [3.63, 3.8) is 0 Å². The third-order valence-corrected chi connectivity index (χ3v) is 3.43. The number of nitrogens with zero attached hydrogens (tertiary/aromatic N) is 3. The highest BCUT2D eigenvalue weighted by Crippen LogP contribution is 2.23. The van der Waals surface area contributed by atoms with Gasteiger partial charge in [0.25, 0.3) is 5.91 Å². The summed E-state index contributed by atoms with van der Waals surface area (Å²) in [5.41, 5.74) is 1.23. The number of hydrogen-bond donors (Lipinski definition) is 2. The summed E-state index contributed by atoms with van der Waals surface area (Å²) in [5.74, 6) is 0.748. The van der Waals surface area contributed by atoms with Crippen LogP contribution in [0.2, 0.25) is 0 Å². The third-order valence-electron chi connectivity index (χ3n) is 3.43. The molecule has 6 heteroatoms. The van der Waals surface area contributed by atoms with E-state index >= 15 is 0 Å². The zero-order chi connectivity index (χ0) is 16.3. The van der Waals surface area contributed by atoms with Crippen molar-refractivity contribution in [1.29, 1.82) is 0 Å². The van der Waals surface area contributed by atoms with Crippen molar-refractivity contribution in [3.8, 4) is 11.4 Å². The number of rotatable bonds is 5. The van der Waals surface area contributed by atoms with E-state index in [0.29, 0.717) is 22.8 Å². The van der Waals surface area contributed by atoms with Crippen LogP contribution in [-0.4, -0.2) is 43.2 Å². The monoisotopic (exact) mass is 302 g/mol. The zero-order valence-corrected chi connectivity index (χ0v) is 13.4. The minimum Gasteiger partial charge on any atom is -0.388 e. The topological polar surface area (TPSA) is 82.1 Å². The second-order valence-corrected chi connectivity index (χ2v) is 5.71. The zero-order valence-electron chi connectivity index (χ0n) is 13.4. The minimum atomic E-state index is -0.215. The van der Waals surface area contributed by atoms with E-state index in [-0.39, 0.29) is 24.6 Å². The van der Waals surface area contributed by atoms with Gasteiger partial charge in [0.1, 0.15) is 6.61 Å². The highest BCUT2D eigenvalue weighted by molar-refractivity contribution is 6.00. The predicted octanol–water partition coefficient (Wildman–Crippen LogP) is 2.22. The normalized spacial score (nSPS) is 11.2. The fourth-order valence-corrected chi connectivity index (χ4v) is 2.56. The maximum absolute atomic E-state index is 12.9. The van der Waals surface area contributed by atoms with Gasteiger partial charge in [0, 0.05) is 17.6 Å². The number of carbonyl (C=O) groups excluding carboxylic acids is 1. The molecule has 2 aromatic rings.